The first-order chi connectivity index (χ1) is 17.0. The molecule has 0 bridgehead atoms. The van der Waals surface area contributed by atoms with E-state index in [0.717, 1.165) is 24.8 Å². The number of ketones is 1. The Balaban J connectivity index is 2.12. The number of hydrogen-bond acceptors (Lipinski definition) is 6. The Morgan fingerprint density at radius 2 is 1.57 bits per heavy atom. The lowest BCUT2D eigenvalue weighted by molar-refractivity contribution is -0.139. The predicted octanol–water partition coefficient (Wildman–Crippen LogP) is 5.49. The molecule has 1 atom stereocenters. The van der Waals surface area contributed by atoms with Gasteiger partial charge in [0.15, 0.2) is 0 Å². The summed E-state index contributed by atoms with van der Waals surface area (Å²) in [4.78, 5) is 27.8. The highest BCUT2D eigenvalue weighted by atomic mass is 16.5. The third-order valence-electron chi connectivity index (χ3n) is 5.78. The second kappa shape index (κ2) is 12.3. The molecule has 0 saturated carbocycles. The highest BCUT2D eigenvalue weighted by Gasteiger charge is 2.46. The van der Waals surface area contributed by atoms with E-state index in [9.17, 15) is 14.7 Å². The maximum atomic E-state index is 13.2. The second-order valence-corrected chi connectivity index (χ2v) is 8.29. The van der Waals surface area contributed by atoms with Crippen LogP contribution in [0.2, 0.25) is 0 Å². The van der Waals surface area contributed by atoms with Gasteiger partial charge < -0.3 is 24.2 Å². The number of nitrogens with zero attached hydrogens (tertiary/aromatic N) is 1. The van der Waals surface area contributed by atoms with Gasteiger partial charge in [-0.25, -0.2) is 0 Å². The van der Waals surface area contributed by atoms with Crippen LogP contribution in [0.25, 0.3) is 5.76 Å². The summed E-state index contributed by atoms with van der Waals surface area (Å²) in [5, 5.41) is 11.4. The quantitative estimate of drug-likeness (QED) is 0.245. The van der Waals surface area contributed by atoms with Gasteiger partial charge in [-0.05, 0) is 56.5 Å². The van der Waals surface area contributed by atoms with Crippen LogP contribution in [0.5, 0.6) is 17.2 Å². The van der Waals surface area contributed by atoms with E-state index in [0.29, 0.717) is 49.2 Å². The van der Waals surface area contributed by atoms with Crippen LogP contribution in [-0.2, 0) is 9.59 Å². The molecular formula is C28H35NO6. The predicted molar refractivity (Wildman–Crippen MR) is 135 cm³/mol. The molecule has 7 nitrogen and oxygen atoms in total. The lowest BCUT2D eigenvalue weighted by atomic mass is 9.94. The lowest BCUT2D eigenvalue weighted by Crippen LogP contribution is -2.30. The Hall–Kier alpha value is -3.48. The number of aliphatic hydroxyl groups excluding tert-OH is 1. The zero-order valence-corrected chi connectivity index (χ0v) is 21.0. The van der Waals surface area contributed by atoms with Gasteiger partial charge in [-0.1, -0.05) is 32.4 Å². The summed E-state index contributed by atoms with van der Waals surface area (Å²) < 4.78 is 17.0. The largest absolute Gasteiger partial charge is 0.507 e. The normalized spacial score (nSPS) is 17.0. The van der Waals surface area contributed by atoms with E-state index in [-0.39, 0.29) is 11.3 Å². The molecule has 2 aromatic rings. The average molecular weight is 482 g/mol. The van der Waals surface area contributed by atoms with Crippen molar-refractivity contribution in [3.63, 3.8) is 0 Å². The zero-order valence-electron chi connectivity index (χ0n) is 21.0. The van der Waals surface area contributed by atoms with E-state index < -0.39 is 17.7 Å². The third-order valence-corrected chi connectivity index (χ3v) is 5.78. The molecule has 1 amide bonds. The van der Waals surface area contributed by atoms with Crippen LogP contribution < -0.4 is 14.2 Å². The molecule has 0 spiro atoms. The van der Waals surface area contributed by atoms with Crippen molar-refractivity contribution in [1.82, 2.24) is 4.90 Å². The Kier molecular flexibility index (Phi) is 9.18. The van der Waals surface area contributed by atoms with Crippen LogP contribution in [0.4, 0.5) is 0 Å². The number of Topliss-reactive ketones (excluding diaryl/α,β-unsaturated/α-hetero) is 1. The van der Waals surface area contributed by atoms with Crippen molar-refractivity contribution < 1.29 is 28.9 Å². The number of unbranched alkanes of at least 4 members (excludes halogenated alkanes) is 1. The average Bonchev–Trinajstić information content (AvgIpc) is 3.11. The van der Waals surface area contributed by atoms with Gasteiger partial charge in [-0.2, -0.15) is 0 Å². The standard InChI is InChI=1S/C28H35NO6/c1-5-9-16-29-25(19-10-12-20(13-11-19)35-17-6-2)24(27(31)28(29)32)26(30)22-15-14-21(33-7-3)18-23(22)34-8-4/h10-15,18,25,30H,5-9,16-17H2,1-4H3/b26-24-. The summed E-state index contributed by atoms with van der Waals surface area (Å²) in [6.45, 7) is 9.64. The fourth-order valence-corrected chi connectivity index (χ4v) is 4.13. The number of amides is 1. The van der Waals surface area contributed by atoms with Crippen LogP contribution in [0, 0.1) is 0 Å². The van der Waals surface area contributed by atoms with Crippen molar-refractivity contribution in [3.05, 3.63) is 59.2 Å². The molecule has 3 rings (SSSR count). The highest BCUT2D eigenvalue weighted by Crippen LogP contribution is 2.42. The SMILES string of the molecule is CCCCN1C(=O)C(=O)/C(=C(\O)c2ccc(OCC)cc2OCC)C1c1ccc(OCCC)cc1. The molecule has 188 valence electrons. The van der Waals surface area contributed by atoms with E-state index in [2.05, 4.69) is 0 Å². The van der Waals surface area contributed by atoms with Gasteiger partial charge in [0.1, 0.15) is 23.0 Å². The first kappa shape index (κ1) is 26.1. The van der Waals surface area contributed by atoms with Gasteiger partial charge in [-0.3, -0.25) is 9.59 Å². The van der Waals surface area contributed by atoms with E-state index in [1.807, 2.05) is 52.0 Å². The molecule has 7 heteroatoms. The first-order valence-electron chi connectivity index (χ1n) is 12.4. The Morgan fingerprint density at radius 3 is 2.20 bits per heavy atom. The molecule has 1 N–H and O–H groups in total. The maximum Gasteiger partial charge on any atom is 0.295 e. The number of ether oxygens (including phenoxy) is 3. The number of carbonyl (C=O) groups excluding carboxylic acids is 2. The molecule has 1 unspecified atom stereocenters. The maximum absolute atomic E-state index is 13.2. The summed E-state index contributed by atoms with van der Waals surface area (Å²) in [7, 11) is 0. The van der Waals surface area contributed by atoms with Crippen LogP contribution in [0.15, 0.2) is 48.0 Å². The van der Waals surface area contributed by atoms with E-state index >= 15 is 0 Å². The number of hydrogen-bond donors (Lipinski definition) is 1. The smallest absolute Gasteiger partial charge is 0.295 e. The molecule has 1 aliphatic heterocycles. The third kappa shape index (κ3) is 5.78. The van der Waals surface area contributed by atoms with Gasteiger partial charge in [0, 0.05) is 12.6 Å². The summed E-state index contributed by atoms with van der Waals surface area (Å²) in [5.41, 5.74) is 1.13. The second-order valence-electron chi connectivity index (χ2n) is 8.29. The van der Waals surface area contributed by atoms with Crippen molar-refractivity contribution in [2.75, 3.05) is 26.4 Å². The molecule has 1 aliphatic rings. The Labute approximate surface area is 207 Å². The summed E-state index contributed by atoms with van der Waals surface area (Å²) >= 11 is 0. The van der Waals surface area contributed by atoms with Gasteiger partial charge in [0.05, 0.1) is 37.0 Å². The monoisotopic (exact) mass is 481 g/mol. The molecule has 2 aromatic carbocycles. The van der Waals surface area contributed by atoms with Crippen molar-refractivity contribution in [1.29, 1.82) is 0 Å². The van der Waals surface area contributed by atoms with Crippen LogP contribution in [-0.4, -0.2) is 48.1 Å². The molecule has 0 aliphatic carbocycles. The lowest BCUT2D eigenvalue weighted by Gasteiger charge is -2.25. The van der Waals surface area contributed by atoms with Gasteiger partial charge >= 0.3 is 0 Å². The molecule has 0 aromatic heterocycles. The fraction of sp³-hybridized carbons (Fsp3) is 0.429. The molecular weight excluding hydrogens is 446 g/mol. The number of rotatable bonds is 12. The van der Waals surface area contributed by atoms with E-state index in [1.54, 1.807) is 23.1 Å². The van der Waals surface area contributed by atoms with Crippen molar-refractivity contribution in [3.8, 4) is 17.2 Å². The minimum Gasteiger partial charge on any atom is -0.507 e. The molecule has 1 saturated heterocycles. The Bertz CT molecular complexity index is 1060. The van der Waals surface area contributed by atoms with Crippen LogP contribution >= 0.6 is 0 Å². The van der Waals surface area contributed by atoms with Crippen molar-refractivity contribution in [2.45, 2.75) is 53.0 Å². The van der Waals surface area contributed by atoms with Crippen molar-refractivity contribution >= 4 is 17.4 Å². The molecule has 35 heavy (non-hydrogen) atoms. The van der Waals surface area contributed by atoms with Crippen LogP contribution in [0.3, 0.4) is 0 Å². The number of aliphatic hydroxyl groups is 1. The first-order valence-corrected chi connectivity index (χ1v) is 12.4. The summed E-state index contributed by atoms with van der Waals surface area (Å²) in [6.07, 6.45) is 2.50. The number of benzene rings is 2. The van der Waals surface area contributed by atoms with Crippen LogP contribution in [0.1, 0.15) is 64.1 Å². The van der Waals surface area contributed by atoms with E-state index in [4.69, 9.17) is 14.2 Å². The minimum absolute atomic E-state index is 0.0541. The fourth-order valence-electron chi connectivity index (χ4n) is 4.13. The minimum atomic E-state index is -0.706. The van der Waals surface area contributed by atoms with E-state index in [1.165, 1.54) is 0 Å². The molecule has 0 radical (unpaired) electrons. The molecule has 1 heterocycles. The van der Waals surface area contributed by atoms with Gasteiger partial charge in [-0.15, -0.1) is 0 Å². The highest BCUT2D eigenvalue weighted by molar-refractivity contribution is 6.46. The van der Waals surface area contributed by atoms with Crippen molar-refractivity contribution in [2.24, 2.45) is 0 Å². The molecule has 1 fully saturated rings. The Morgan fingerprint density at radius 1 is 0.886 bits per heavy atom. The van der Waals surface area contributed by atoms with Gasteiger partial charge in [0.2, 0.25) is 0 Å². The topological polar surface area (TPSA) is 85.3 Å². The van der Waals surface area contributed by atoms with Gasteiger partial charge in [0.25, 0.3) is 11.7 Å². The zero-order chi connectivity index (χ0) is 25.4. The number of likely N-dealkylation sites (tertiary alicyclic amines) is 1. The summed E-state index contributed by atoms with van der Waals surface area (Å²) in [5.74, 6) is 0.121. The summed E-state index contributed by atoms with van der Waals surface area (Å²) in [6, 6.07) is 11.7. The number of carbonyl (C=O) groups is 2.